The van der Waals surface area contributed by atoms with E-state index < -0.39 is 0 Å². The number of unbranched alkanes of at least 4 members (excludes halogenated alkanes) is 1. The number of piperidine rings is 1. The molecule has 0 saturated carbocycles. The summed E-state index contributed by atoms with van der Waals surface area (Å²) in [6.45, 7) is 112. The monoisotopic (exact) mass is 1790 g/mol. The van der Waals surface area contributed by atoms with Gasteiger partial charge in [-0.3, -0.25) is 19.5 Å². The third-order valence-electron chi connectivity index (χ3n) is 21.4. The molecule has 4 heterocycles. The summed E-state index contributed by atoms with van der Waals surface area (Å²) in [6.07, 6.45) is 16.6. The summed E-state index contributed by atoms with van der Waals surface area (Å²) < 4.78 is 77.6. The maximum Gasteiger partial charge on any atom is 0.160 e. The average Bonchev–Trinajstić information content (AvgIpc) is 1.64. The molecule has 0 N–H and O–H groups in total. The number of rotatable bonds is 59. The summed E-state index contributed by atoms with van der Waals surface area (Å²) in [4.78, 5) is 24.3. The molecule has 754 valence electrons. The normalized spacial score (nSPS) is 17.3. The van der Waals surface area contributed by atoms with Crippen LogP contribution in [0.2, 0.25) is 0 Å². The standard InChI is InChI=1S/C18H36N2O.C18H37NO2.C17H36N2O.C14H28O3.C14H30O2.C12H26O4.C12H26O2/c1-17(2,3)7-8-19-12-16-11-15(19)13-20(16)9-10-21-14-18(4,5)6;1-17(2,3)9-12-19-10-7-16(8-11-19)21-14-13-20-15-18(4,5)6;1-16(2,3)7-8-18-9-11-19(12-10-18)13-14-20-15-17(4,5)6;1-12(2)7-10-16-8-5-6-9-17-11-14(15)13(3)4;1-11(2)7-9-15-13(5)14(6)16-10-8-12(3)4;1-11(2)15-9-7-13-5-6-14-8-10-16-12(3)4;1-11(2)5-7-13-9-10-14-8-6-12(3)4/h15-16H,7-14H2,1-6H3;16H,7-15H2,1-6H3;7-15H2,1-6H3;12-13H,5-11H2,1-4H3;11-14H,7-10H2,1-6H3;11-12H,5-10H2,1-4H3;11-12H,5-10H2,1-4H3/t;;;;13-,14-;;/m....1../s1. The minimum absolute atomic E-state index is 0.0781. The molecule has 4 atom stereocenters. The Morgan fingerprint density at radius 3 is 0.952 bits per heavy atom. The Labute approximate surface area is 777 Å². The van der Waals surface area contributed by atoms with Crippen molar-refractivity contribution >= 4 is 5.78 Å². The van der Waals surface area contributed by atoms with Crippen LogP contribution in [0.15, 0.2) is 0 Å². The summed E-state index contributed by atoms with van der Waals surface area (Å²) in [5.74, 6) is 3.86. The fourth-order valence-corrected chi connectivity index (χ4v) is 12.6. The number of nitrogens with zero attached hydrogens (tertiary/aromatic N) is 5. The van der Waals surface area contributed by atoms with Gasteiger partial charge in [0.25, 0.3) is 0 Å². The molecule has 0 aromatic carbocycles. The van der Waals surface area contributed by atoms with Gasteiger partial charge in [-0.25, -0.2) is 0 Å². The van der Waals surface area contributed by atoms with E-state index in [4.69, 9.17) is 66.3 Å². The fourth-order valence-electron chi connectivity index (χ4n) is 12.6. The first-order chi connectivity index (χ1) is 58.2. The van der Waals surface area contributed by atoms with Crippen molar-refractivity contribution in [3.63, 3.8) is 0 Å². The van der Waals surface area contributed by atoms with E-state index in [1.807, 2.05) is 41.5 Å². The maximum absolute atomic E-state index is 11.2. The lowest BCUT2D eigenvalue weighted by atomic mass is 9.91. The number of likely N-dealkylation sites (tertiary alicyclic amines) is 3. The number of hydrogen-bond acceptors (Lipinski definition) is 20. The second-order valence-electron chi connectivity index (χ2n) is 46.2. The van der Waals surface area contributed by atoms with Crippen LogP contribution in [0, 0.1) is 68.0 Å². The number of piperazine rings is 2. The Kier molecular flexibility index (Phi) is 78.0. The Hall–Kier alpha value is -1.09. The molecular weight excluding hydrogens is 1570 g/mol. The molecule has 0 aromatic rings. The zero-order chi connectivity index (χ0) is 95.5. The Morgan fingerprint density at radius 2 is 0.600 bits per heavy atom. The molecule has 20 nitrogen and oxygen atoms in total. The minimum atomic E-state index is 0.0781. The van der Waals surface area contributed by atoms with Crippen LogP contribution in [-0.2, 0) is 71.1 Å². The molecule has 4 fully saturated rings. The van der Waals surface area contributed by atoms with Gasteiger partial charge in [-0.05, 0) is 207 Å². The first-order valence-electron chi connectivity index (χ1n) is 50.6. The van der Waals surface area contributed by atoms with E-state index in [0.717, 1.165) is 181 Å². The number of fused-ring (bicyclic) bond motifs is 2. The molecule has 125 heavy (non-hydrogen) atoms. The van der Waals surface area contributed by atoms with E-state index in [1.54, 1.807) is 0 Å². The van der Waals surface area contributed by atoms with Crippen molar-refractivity contribution in [2.75, 3.05) is 237 Å². The number of ketones is 1. The van der Waals surface area contributed by atoms with Crippen LogP contribution in [0.25, 0.3) is 0 Å². The zero-order valence-electron chi connectivity index (χ0n) is 90.0. The fraction of sp³-hybridized carbons (Fsp3) is 0.990. The van der Waals surface area contributed by atoms with Gasteiger partial charge in [0.15, 0.2) is 5.78 Å². The van der Waals surface area contributed by atoms with Crippen LogP contribution < -0.4 is 0 Å². The topological polar surface area (TPSA) is 162 Å². The van der Waals surface area contributed by atoms with Crippen molar-refractivity contribution in [3.05, 3.63) is 0 Å². The SMILES string of the molecule is CC(C)(C)CCN1CC2CC1CN2CCOCC(C)(C)C.CC(C)(C)CCN1CCC(OCCOCC(C)(C)C)CC1.CC(C)(C)CCN1CCN(CCOCC(C)(C)C)CC1.CC(C)CCOCCCCOCC(=O)C(C)C.CC(C)CCOCCOCCC(C)C.CC(C)CCO[C@H](C)[C@@H](C)OCCC(C)C.CC(C)OCCOCCOCCOC(C)C. The molecule has 2 bridgehead atoms. The lowest BCUT2D eigenvalue weighted by Crippen LogP contribution is -2.47. The molecule has 0 spiro atoms. The van der Waals surface area contributed by atoms with Gasteiger partial charge in [0.05, 0.1) is 130 Å². The van der Waals surface area contributed by atoms with Crippen molar-refractivity contribution in [1.29, 1.82) is 0 Å². The van der Waals surface area contributed by atoms with E-state index in [1.165, 1.54) is 111 Å². The van der Waals surface area contributed by atoms with Crippen molar-refractivity contribution < 1.29 is 71.1 Å². The van der Waals surface area contributed by atoms with Gasteiger partial charge in [-0.15, -0.1) is 0 Å². The number of carbonyl (C=O) groups excluding carboxylic acids is 1. The molecule has 2 unspecified atom stereocenters. The average molecular weight is 1790 g/mol. The second-order valence-corrected chi connectivity index (χ2v) is 46.2. The molecule has 4 aliphatic heterocycles. The summed E-state index contributed by atoms with van der Waals surface area (Å²) in [6, 6.07) is 1.59. The highest BCUT2D eigenvalue weighted by Crippen LogP contribution is 2.33. The van der Waals surface area contributed by atoms with Gasteiger partial charge in [-0.2, -0.15) is 0 Å². The Balaban J connectivity index is -0.00000140. The van der Waals surface area contributed by atoms with Gasteiger partial charge in [-0.1, -0.05) is 208 Å². The van der Waals surface area contributed by atoms with Crippen LogP contribution >= 0.6 is 0 Å². The minimum Gasteiger partial charge on any atom is -0.381 e. The zero-order valence-corrected chi connectivity index (χ0v) is 90.0. The van der Waals surface area contributed by atoms with E-state index >= 15 is 0 Å². The number of Topliss-reactive ketones (excluding diaryl/α,β-unsaturated/α-hetero) is 1. The predicted octanol–water partition coefficient (Wildman–Crippen LogP) is 22.3. The summed E-state index contributed by atoms with van der Waals surface area (Å²) >= 11 is 0. The van der Waals surface area contributed by atoms with Gasteiger partial charge in [0.2, 0.25) is 0 Å². The lowest BCUT2D eigenvalue weighted by molar-refractivity contribution is -0.126. The van der Waals surface area contributed by atoms with Gasteiger partial charge < -0.3 is 76.1 Å². The highest BCUT2D eigenvalue weighted by Gasteiger charge is 2.43. The van der Waals surface area contributed by atoms with Crippen molar-refractivity contribution in [3.8, 4) is 0 Å². The van der Waals surface area contributed by atoms with Gasteiger partial charge in [0, 0.05) is 130 Å². The quantitative estimate of drug-likeness (QED) is 0.0528. The van der Waals surface area contributed by atoms with E-state index in [0.29, 0.717) is 86.4 Å². The van der Waals surface area contributed by atoms with Crippen LogP contribution in [0.5, 0.6) is 0 Å². The smallest absolute Gasteiger partial charge is 0.160 e. The van der Waals surface area contributed by atoms with Crippen LogP contribution in [0.4, 0.5) is 0 Å². The number of ether oxygens (including phenoxy) is 14. The van der Waals surface area contributed by atoms with Gasteiger partial charge in [0.1, 0.15) is 6.61 Å². The second kappa shape index (κ2) is 76.1. The molecule has 0 radical (unpaired) electrons. The van der Waals surface area contributed by atoms with Crippen LogP contribution in [0.1, 0.15) is 333 Å². The largest absolute Gasteiger partial charge is 0.381 e. The van der Waals surface area contributed by atoms with E-state index in [9.17, 15) is 4.79 Å². The van der Waals surface area contributed by atoms with E-state index in [2.05, 4.69) is 232 Å². The number of hydrogen-bond donors (Lipinski definition) is 0. The predicted molar refractivity (Wildman–Crippen MR) is 531 cm³/mol. The molecule has 0 amide bonds. The summed E-state index contributed by atoms with van der Waals surface area (Å²) in [5, 5.41) is 0. The van der Waals surface area contributed by atoms with E-state index in [-0.39, 0.29) is 59.0 Å². The molecule has 0 aliphatic carbocycles. The van der Waals surface area contributed by atoms with Crippen molar-refractivity contribution in [2.24, 2.45) is 68.0 Å². The van der Waals surface area contributed by atoms with Crippen LogP contribution in [0.3, 0.4) is 0 Å². The first-order valence-corrected chi connectivity index (χ1v) is 50.6. The summed E-state index contributed by atoms with van der Waals surface area (Å²) in [5.41, 5.74) is 2.18. The Bertz CT molecular complexity index is 2280. The molecule has 20 heteroatoms. The van der Waals surface area contributed by atoms with Crippen molar-refractivity contribution in [2.45, 2.75) is 375 Å². The van der Waals surface area contributed by atoms with Crippen LogP contribution in [-0.4, -0.2) is 310 Å². The number of carbonyl (C=O) groups is 1. The van der Waals surface area contributed by atoms with Crippen molar-refractivity contribution in [1.82, 2.24) is 24.5 Å². The molecule has 4 saturated heterocycles. The first kappa shape index (κ1) is 128. The highest BCUT2D eigenvalue weighted by atomic mass is 16.6. The molecular formula is C105H219N5O15. The third kappa shape index (κ3) is 94.5. The van der Waals surface area contributed by atoms with Gasteiger partial charge >= 0.3 is 0 Å². The molecule has 4 rings (SSSR count). The maximum atomic E-state index is 11.2. The highest BCUT2D eigenvalue weighted by molar-refractivity contribution is 5.81. The third-order valence-corrected chi connectivity index (χ3v) is 21.4. The lowest BCUT2D eigenvalue weighted by Gasteiger charge is -2.36. The summed E-state index contributed by atoms with van der Waals surface area (Å²) in [7, 11) is 0. The molecule has 0 aromatic heterocycles. The Morgan fingerprint density at radius 1 is 0.296 bits per heavy atom. The molecule has 4 aliphatic rings.